The van der Waals surface area contributed by atoms with Gasteiger partial charge in [-0.2, -0.15) is 0 Å². The Morgan fingerprint density at radius 1 is 1.09 bits per heavy atom. The van der Waals surface area contributed by atoms with Crippen LogP contribution < -0.4 is 9.47 Å². The molecule has 2 bridgehead atoms. The summed E-state index contributed by atoms with van der Waals surface area (Å²) in [7, 11) is 1.79. The van der Waals surface area contributed by atoms with Crippen molar-refractivity contribution in [1.29, 1.82) is 0 Å². The lowest BCUT2D eigenvalue weighted by Gasteiger charge is -2.64. The summed E-state index contributed by atoms with van der Waals surface area (Å²) in [5.74, 6) is 2.46. The summed E-state index contributed by atoms with van der Waals surface area (Å²) in [6.45, 7) is 2.65. The van der Waals surface area contributed by atoms with Gasteiger partial charge >= 0.3 is 0 Å². The summed E-state index contributed by atoms with van der Waals surface area (Å²) < 4.78 is 19.0. The molecule has 2 unspecified atom stereocenters. The summed E-state index contributed by atoms with van der Waals surface area (Å²) in [6, 6.07) is 14.7. The summed E-state index contributed by atoms with van der Waals surface area (Å²) >= 11 is 0. The van der Waals surface area contributed by atoms with Gasteiger partial charge in [-0.25, -0.2) is 0 Å². The fourth-order valence-electron chi connectivity index (χ4n) is 7.52. The molecule has 3 fully saturated rings. The zero-order valence-electron chi connectivity index (χ0n) is 19.3. The second-order valence-corrected chi connectivity index (χ2v) is 10.9. The minimum atomic E-state index is -0.782. The number of piperidine rings is 1. The van der Waals surface area contributed by atoms with Gasteiger partial charge in [-0.05, 0) is 68.2 Å². The highest BCUT2D eigenvalue weighted by atomic mass is 16.6. The molecule has 174 valence electrons. The number of hydrogen-bond acceptors (Lipinski definition) is 5. The van der Waals surface area contributed by atoms with Crippen molar-refractivity contribution in [2.45, 2.75) is 74.4 Å². The Labute approximate surface area is 195 Å². The van der Waals surface area contributed by atoms with E-state index in [4.69, 9.17) is 14.2 Å². The van der Waals surface area contributed by atoms with Crippen molar-refractivity contribution in [2.75, 3.05) is 20.2 Å². The Hall–Kier alpha value is -2.08. The largest absolute Gasteiger partial charge is 0.485 e. The molecule has 1 N–H and O–H groups in total. The molecular weight excluding hydrogens is 414 g/mol. The summed E-state index contributed by atoms with van der Waals surface area (Å²) in [4.78, 5) is 2.61. The number of benzene rings is 2. The molecule has 0 aromatic heterocycles. The van der Waals surface area contributed by atoms with Crippen LogP contribution in [0.25, 0.3) is 0 Å². The Morgan fingerprint density at radius 3 is 2.73 bits per heavy atom. The normalized spacial score (nSPS) is 36.2. The third-order valence-corrected chi connectivity index (χ3v) is 9.23. The number of aliphatic hydroxyl groups is 1. The Bertz CT molecular complexity index is 1070. The molecule has 5 nitrogen and oxygen atoms in total. The number of rotatable bonds is 6. The SMILES string of the molecule is COC1CCC2(O)[C@H]3Cc4ccc(OCc5ccccc5)c5c4[C@@]2(CCN3CC2CC2)[C@H]1O5. The van der Waals surface area contributed by atoms with Crippen LogP contribution in [0.4, 0.5) is 0 Å². The monoisotopic (exact) mass is 447 g/mol. The topological polar surface area (TPSA) is 51.2 Å². The minimum absolute atomic E-state index is 0.0127. The maximum Gasteiger partial charge on any atom is 0.166 e. The van der Waals surface area contributed by atoms with E-state index in [2.05, 4.69) is 29.2 Å². The lowest BCUT2D eigenvalue weighted by Crippen LogP contribution is -2.77. The van der Waals surface area contributed by atoms with Crippen LogP contribution in [0.2, 0.25) is 0 Å². The first-order chi connectivity index (χ1) is 16.1. The maximum absolute atomic E-state index is 12.5. The van der Waals surface area contributed by atoms with Gasteiger partial charge in [0.1, 0.15) is 12.7 Å². The van der Waals surface area contributed by atoms with Gasteiger partial charge in [0.05, 0.1) is 17.1 Å². The lowest BCUT2D eigenvalue weighted by atomic mass is 9.48. The zero-order valence-corrected chi connectivity index (χ0v) is 19.3. The number of nitrogens with zero attached hydrogens (tertiary/aromatic N) is 1. The molecule has 33 heavy (non-hydrogen) atoms. The molecular formula is C28H33NO4. The molecule has 5 heteroatoms. The van der Waals surface area contributed by atoms with E-state index in [1.807, 2.05) is 18.2 Å². The van der Waals surface area contributed by atoms with Gasteiger partial charge in [-0.3, -0.25) is 4.90 Å². The van der Waals surface area contributed by atoms with Gasteiger partial charge in [0, 0.05) is 25.3 Å². The van der Waals surface area contributed by atoms with Gasteiger partial charge in [-0.15, -0.1) is 0 Å². The average molecular weight is 448 g/mol. The molecule has 5 atom stereocenters. The minimum Gasteiger partial charge on any atom is -0.485 e. The standard InChI is InChI=1S/C28H33NO4/c1-31-22-11-12-28(30)23-15-20-9-10-21(32-17-19-5-3-2-4-6-19)25-24(20)27(28,26(22)33-25)13-14-29(23)16-18-7-8-18/h2-6,9-10,18,22-23,26,30H,7-8,11-17H2,1H3/t22?,23-,26+,27+,28?/m1/s1. The van der Waals surface area contributed by atoms with Crippen molar-refractivity contribution in [3.8, 4) is 11.5 Å². The van der Waals surface area contributed by atoms with E-state index in [-0.39, 0.29) is 18.2 Å². The van der Waals surface area contributed by atoms with Crippen LogP contribution in [0.3, 0.4) is 0 Å². The highest BCUT2D eigenvalue weighted by molar-refractivity contribution is 5.63. The molecule has 2 aliphatic heterocycles. The van der Waals surface area contributed by atoms with Gasteiger partial charge in [-0.1, -0.05) is 36.4 Å². The number of hydrogen-bond donors (Lipinski definition) is 1. The van der Waals surface area contributed by atoms with Crippen molar-refractivity contribution in [3.63, 3.8) is 0 Å². The van der Waals surface area contributed by atoms with Crippen molar-refractivity contribution in [2.24, 2.45) is 5.92 Å². The highest BCUT2D eigenvalue weighted by Crippen LogP contribution is 2.66. The molecule has 3 aliphatic carbocycles. The first-order valence-corrected chi connectivity index (χ1v) is 12.6. The molecule has 1 saturated heterocycles. The molecule has 7 rings (SSSR count). The smallest absolute Gasteiger partial charge is 0.166 e. The van der Waals surface area contributed by atoms with Crippen molar-refractivity contribution >= 4 is 0 Å². The van der Waals surface area contributed by atoms with Crippen LogP contribution in [0, 0.1) is 5.92 Å². The number of likely N-dealkylation sites (tertiary alicyclic amines) is 1. The maximum atomic E-state index is 12.5. The third kappa shape index (κ3) is 2.76. The zero-order chi connectivity index (χ0) is 22.2. The fourth-order valence-corrected chi connectivity index (χ4v) is 7.52. The van der Waals surface area contributed by atoms with Crippen LogP contribution in [-0.2, 0) is 23.2 Å². The van der Waals surface area contributed by atoms with Gasteiger partial charge < -0.3 is 19.3 Å². The molecule has 2 saturated carbocycles. The van der Waals surface area contributed by atoms with E-state index >= 15 is 0 Å². The molecule has 2 heterocycles. The molecule has 2 aromatic rings. The van der Waals surface area contributed by atoms with E-state index in [1.54, 1.807) is 7.11 Å². The van der Waals surface area contributed by atoms with E-state index < -0.39 is 11.0 Å². The number of methoxy groups -OCH3 is 1. The lowest BCUT2D eigenvalue weighted by molar-refractivity contribution is -0.211. The highest BCUT2D eigenvalue weighted by Gasteiger charge is 2.73. The van der Waals surface area contributed by atoms with Crippen molar-refractivity contribution < 1.29 is 19.3 Å². The molecule has 5 aliphatic rings. The van der Waals surface area contributed by atoms with E-state index in [0.717, 1.165) is 61.8 Å². The fraction of sp³-hybridized carbons (Fsp3) is 0.571. The van der Waals surface area contributed by atoms with Crippen LogP contribution >= 0.6 is 0 Å². The number of ether oxygens (including phenoxy) is 3. The summed E-state index contributed by atoms with van der Waals surface area (Å²) in [5.41, 5.74) is 2.48. The van der Waals surface area contributed by atoms with Crippen molar-refractivity contribution in [1.82, 2.24) is 4.90 Å². The second kappa shape index (κ2) is 7.21. The average Bonchev–Trinajstić information content (AvgIpc) is 3.58. The van der Waals surface area contributed by atoms with Crippen LogP contribution in [0.1, 0.15) is 48.8 Å². The van der Waals surface area contributed by atoms with Crippen LogP contribution in [0.15, 0.2) is 42.5 Å². The van der Waals surface area contributed by atoms with Gasteiger partial charge in [0.15, 0.2) is 11.5 Å². The van der Waals surface area contributed by atoms with Gasteiger partial charge in [0.2, 0.25) is 0 Å². The predicted molar refractivity (Wildman–Crippen MR) is 125 cm³/mol. The first kappa shape index (κ1) is 20.3. The van der Waals surface area contributed by atoms with E-state index in [1.165, 1.54) is 24.0 Å². The Kier molecular flexibility index (Phi) is 4.44. The Balaban J connectivity index is 1.32. The van der Waals surface area contributed by atoms with Crippen LogP contribution in [0.5, 0.6) is 11.5 Å². The molecule has 0 amide bonds. The van der Waals surface area contributed by atoms with E-state index in [0.29, 0.717) is 6.61 Å². The third-order valence-electron chi connectivity index (χ3n) is 9.23. The summed E-state index contributed by atoms with van der Waals surface area (Å²) in [6.07, 6.45) is 5.91. The van der Waals surface area contributed by atoms with Crippen molar-refractivity contribution in [3.05, 3.63) is 59.2 Å². The molecule has 0 radical (unpaired) electrons. The molecule has 1 spiro atoms. The Morgan fingerprint density at radius 2 is 1.94 bits per heavy atom. The van der Waals surface area contributed by atoms with Crippen LogP contribution in [-0.4, -0.2) is 54.1 Å². The predicted octanol–water partition coefficient (Wildman–Crippen LogP) is 3.84. The van der Waals surface area contributed by atoms with Gasteiger partial charge in [0.25, 0.3) is 0 Å². The molecule has 2 aromatic carbocycles. The summed E-state index contributed by atoms with van der Waals surface area (Å²) in [5, 5.41) is 12.5. The van der Waals surface area contributed by atoms with E-state index in [9.17, 15) is 5.11 Å². The first-order valence-electron chi connectivity index (χ1n) is 12.6. The second-order valence-electron chi connectivity index (χ2n) is 10.9. The quantitative estimate of drug-likeness (QED) is 0.729.